The van der Waals surface area contributed by atoms with Gasteiger partial charge in [-0.2, -0.15) is 0 Å². The average molecular weight is 310 g/mol. The number of carbonyl (C=O) groups is 1. The summed E-state index contributed by atoms with van der Waals surface area (Å²) >= 11 is 0. The van der Waals surface area contributed by atoms with E-state index in [9.17, 15) is 4.79 Å². The van der Waals surface area contributed by atoms with Gasteiger partial charge in [-0.15, -0.1) is 0 Å². The fourth-order valence-electron chi connectivity index (χ4n) is 2.95. The molecule has 0 saturated heterocycles. The number of ether oxygens (including phenoxy) is 1. The third-order valence-corrected chi connectivity index (χ3v) is 4.27. The fourth-order valence-corrected chi connectivity index (χ4v) is 2.95. The maximum atomic E-state index is 12.6. The number of hydrogen-bond donors (Lipinski definition) is 0. The van der Waals surface area contributed by atoms with Crippen molar-refractivity contribution in [2.24, 2.45) is 0 Å². The number of likely N-dealkylation sites (N-methyl/N-ethyl adjacent to an activating group) is 1. The van der Waals surface area contributed by atoms with Gasteiger partial charge in [0.25, 0.3) is 5.91 Å². The van der Waals surface area contributed by atoms with Gasteiger partial charge in [0.05, 0.1) is 13.2 Å². The SMILES string of the molecule is CCc1cccc(C(=O)N(C)CC2OCCc3ccccc32)n1. The molecule has 1 aliphatic rings. The Labute approximate surface area is 137 Å². The molecule has 1 amide bonds. The van der Waals surface area contributed by atoms with Gasteiger partial charge in [0.15, 0.2) is 0 Å². The molecule has 0 aliphatic carbocycles. The Kier molecular flexibility index (Phi) is 4.72. The van der Waals surface area contributed by atoms with Crippen molar-refractivity contribution in [3.63, 3.8) is 0 Å². The minimum atomic E-state index is -0.0664. The average Bonchev–Trinajstić information content (AvgIpc) is 2.61. The summed E-state index contributed by atoms with van der Waals surface area (Å²) in [4.78, 5) is 18.7. The van der Waals surface area contributed by atoms with Crippen LogP contribution in [0.25, 0.3) is 0 Å². The molecule has 23 heavy (non-hydrogen) atoms. The van der Waals surface area contributed by atoms with Crippen molar-refractivity contribution >= 4 is 5.91 Å². The van der Waals surface area contributed by atoms with Crippen LogP contribution < -0.4 is 0 Å². The minimum absolute atomic E-state index is 0.0630. The van der Waals surface area contributed by atoms with E-state index in [1.54, 1.807) is 11.0 Å². The van der Waals surface area contributed by atoms with Gasteiger partial charge < -0.3 is 9.64 Å². The van der Waals surface area contributed by atoms with Crippen LogP contribution in [0, 0.1) is 0 Å². The standard InChI is InChI=1S/C19H22N2O2/c1-3-15-8-6-10-17(20-15)19(22)21(2)13-18-16-9-5-4-7-14(16)11-12-23-18/h4-10,18H,3,11-13H2,1-2H3. The van der Waals surface area contributed by atoms with E-state index in [-0.39, 0.29) is 12.0 Å². The Morgan fingerprint density at radius 3 is 2.91 bits per heavy atom. The van der Waals surface area contributed by atoms with Gasteiger partial charge in [0.1, 0.15) is 11.8 Å². The van der Waals surface area contributed by atoms with Gasteiger partial charge in [0.2, 0.25) is 0 Å². The minimum Gasteiger partial charge on any atom is -0.371 e. The highest BCUT2D eigenvalue weighted by atomic mass is 16.5. The first-order valence-electron chi connectivity index (χ1n) is 8.10. The summed E-state index contributed by atoms with van der Waals surface area (Å²) in [6.45, 7) is 3.27. The largest absolute Gasteiger partial charge is 0.371 e. The van der Waals surface area contributed by atoms with Gasteiger partial charge in [-0.25, -0.2) is 4.98 Å². The molecule has 0 saturated carbocycles. The zero-order valence-electron chi connectivity index (χ0n) is 13.7. The molecular weight excluding hydrogens is 288 g/mol. The smallest absolute Gasteiger partial charge is 0.272 e. The number of hydrogen-bond acceptors (Lipinski definition) is 3. The van der Waals surface area contributed by atoms with Crippen LogP contribution in [0.4, 0.5) is 0 Å². The number of aromatic nitrogens is 1. The molecule has 0 bridgehead atoms. The van der Waals surface area contributed by atoms with E-state index in [0.717, 1.165) is 18.5 Å². The van der Waals surface area contributed by atoms with Crippen LogP contribution in [0.15, 0.2) is 42.5 Å². The number of pyridine rings is 1. The number of nitrogens with zero attached hydrogens (tertiary/aromatic N) is 2. The molecule has 1 aromatic carbocycles. The number of carbonyl (C=O) groups excluding carboxylic acids is 1. The molecule has 1 aliphatic heterocycles. The van der Waals surface area contributed by atoms with E-state index in [2.05, 4.69) is 23.2 Å². The monoisotopic (exact) mass is 310 g/mol. The Bertz CT molecular complexity index is 699. The fraction of sp³-hybridized carbons (Fsp3) is 0.368. The molecule has 0 fully saturated rings. The summed E-state index contributed by atoms with van der Waals surface area (Å²) < 4.78 is 5.89. The highest BCUT2D eigenvalue weighted by Gasteiger charge is 2.24. The Morgan fingerprint density at radius 2 is 2.09 bits per heavy atom. The molecule has 1 aromatic heterocycles. The van der Waals surface area contributed by atoms with Crippen molar-refractivity contribution in [3.05, 3.63) is 65.0 Å². The lowest BCUT2D eigenvalue weighted by atomic mass is 9.97. The van der Waals surface area contributed by atoms with Gasteiger partial charge in [-0.3, -0.25) is 4.79 Å². The number of fused-ring (bicyclic) bond motifs is 1. The number of amides is 1. The second kappa shape index (κ2) is 6.92. The zero-order valence-corrected chi connectivity index (χ0v) is 13.7. The molecule has 4 nitrogen and oxygen atoms in total. The Balaban J connectivity index is 1.74. The molecule has 4 heteroatoms. The third-order valence-electron chi connectivity index (χ3n) is 4.27. The molecule has 1 unspecified atom stereocenters. The summed E-state index contributed by atoms with van der Waals surface area (Å²) in [5.74, 6) is -0.0630. The molecule has 2 aromatic rings. The number of aryl methyl sites for hydroxylation is 1. The molecular formula is C19H22N2O2. The van der Waals surface area contributed by atoms with E-state index in [4.69, 9.17) is 4.74 Å². The summed E-state index contributed by atoms with van der Waals surface area (Å²) in [5, 5.41) is 0. The van der Waals surface area contributed by atoms with E-state index in [1.165, 1.54) is 11.1 Å². The van der Waals surface area contributed by atoms with Crippen LogP contribution in [0.3, 0.4) is 0 Å². The normalized spacial score (nSPS) is 16.7. The highest BCUT2D eigenvalue weighted by Crippen LogP contribution is 2.27. The summed E-state index contributed by atoms with van der Waals surface area (Å²) in [6, 6.07) is 13.9. The zero-order chi connectivity index (χ0) is 16.2. The molecule has 120 valence electrons. The maximum Gasteiger partial charge on any atom is 0.272 e. The van der Waals surface area contributed by atoms with Crippen LogP contribution in [-0.4, -0.2) is 36.0 Å². The predicted molar refractivity (Wildman–Crippen MR) is 89.4 cm³/mol. The quantitative estimate of drug-likeness (QED) is 0.872. The van der Waals surface area contributed by atoms with Crippen molar-refractivity contribution < 1.29 is 9.53 Å². The van der Waals surface area contributed by atoms with Crippen LogP contribution in [-0.2, 0) is 17.6 Å². The molecule has 1 atom stereocenters. The highest BCUT2D eigenvalue weighted by molar-refractivity contribution is 5.92. The topological polar surface area (TPSA) is 42.4 Å². The Morgan fingerprint density at radius 1 is 1.26 bits per heavy atom. The lowest BCUT2D eigenvalue weighted by Crippen LogP contribution is -2.34. The first kappa shape index (κ1) is 15.7. The third kappa shape index (κ3) is 3.42. The van der Waals surface area contributed by atoms with Crippen molar-refractivity contribution in [1.29, 1.82) is 0 Å². The van der Waals surface area contributed by atoms with E-state index < -0.39 is 0 Å². The molecule has 3 rings (SSSR count). The number of rotatable bonds is 4. The van der Waals surface area contributed by atoms with E-state index >= 15 is 0 Å². The lowest BCUT2D eigenvalue weighted by Gasteiger charge is -2.29. The molecule has 0 spiro atoms. The van der Waals surface area contributed by atoms with Gasteiger partial charge in [-0.1, -0.05) is 37.3 Å². The van der Waals surface area contributed by atoms with Crippen molar-refractivity contribution in [1.82, 2.24) is 9.88 Å². The van der Waals surface area contributed by atoms with Gasteiger partial charge in [0, 0.05) is 12.7 Å². The van der Waals surface area contributed by atoms with Crippen LogP contribution >= 0.6 is 0 Å². The van der Waals surface area contributed by atoms with Crippen LogP contribution in [0.1, 0.15) is 40.3 Å². The summed E-state index contributed by atoms with van der Waals surface area (Å²) in [5.41, 5.74) is 3.93. The van der Waals surface area contributed by atoms with Gasteiger partial charge >= 0.3 is 0 Å². The van der Waals surface area contributed by atoms with Crippen molar-refractivity contribution in [3.8, 4) is 0 Å². The second-order valence-electron chi connectivity index (χ2n) is 5.86. The molecule has 0 radical (unpaired) electrons. The predicted octanol–water partition coefficient (Wildman–Crippen LogP) is 3.03. The van der Waals surface area contributed by atoms with Gasteiger partial charge in [-0.05, 0) is 36.1 Å². The van der Waals surface area contributed by atoms with E-state index in [0.29, 0.717) is 18.8 Å². The summed E-state index contributed by atoms with van der Waals surface area (Å²) in [7, 11) is 1.81. The molecule has 0 N–H and O–H groups in total. The number of benzene rings is 1. The van der Waals surface area contributed by atoms with E-state index in [1.807, 2.05) is 32.2 Å². The lowest BCUT2D eigenvalue weighted by molar-refractivity contribution is 0.0198. The van der Waals surface area contributed by atoms with Crippen LogP contribution in [0.5, 0.6) is 0 Å². The van der Waals surface area contributed by atoms with Crippen molar-refractivity contribution in [2.75, 3.05) is 20.2 Å². The molecule has 2 heterocycles. The van der Waals surface area contributed by atoms with Crippen molar-refractivity contribution in [2.45, 2.75) is 25.9 Å². The first-order chi connectivity index (χ1) is 11.2. The first-order valence-corrected chi connectivity index (χ1v) is 8.10. The maximum absolute atomic E-state index is 12.6. The van der Waals surface area contributed by atoms with Crippen LogP contribution in [0.2, 0.25) is 0 Å². The Hall–Kier alpha value is -2.20. The summed E-state index contributed by atoms with van der Waals surface area (Å²) in [6.07, 6.45) is 1.69. The second-order valence-corrected chi connectivity index (χ2v) is 5.86.